The molecule has 0 unspecified atom stereocenters. The van der Waals surface area contributed by atoms with Crippen molar-refractivity contribution in [3.8, 4) is 22.1 Å². The minimum Gasteiger partial charge on any atom is -0.457 e. The van der Waals surface area contributed by atoms with Crippen LogP contribution in [0.25, 0.3) is 21.5 Å². The Labute approximate surface area is 178 Å². The third-order valence-electron chi connectivity index (χ3n) is 5.05. The van der Waals surface area contributed by atoms with Crippen molar-refractivity contribution < 1.29 is 9.84 Å². The molecule has 0 radical (unpaired) electrons. The smallest absolute Gasteiger partial charge is 0.133 e. The van der Waals surface area contributed by atoms with Crippen molar-refractivity contribution in [1.82, 2.24) is 9.97 Å². The number of hydrogen-bond acceptors (Lipinski definition) is 4. The first-order valence-corrected chi connectivity index (χ1v) is 10.6. The van der Waals surface area contributed by atoms with E-state index in [1.165, 1.54) is 5.56 Å². The number of rotatable bonds is 6. The van der Waals surface area contributed by atoms with Crippen molar-refractivity contribution in [3.63, 3.8) is 0 Å². The molecule has 5 aromatic rings. The monoisotopic (exact) mass is 412 g/mol. The van der Waals surface area contributed by atoms with E-state index >= 15 is 0 Å². The van der Waals surface area contributed by atoms with Gasteiger partial charge in [0.2, 0.25) is 0 Å². The standard InChI is InChI=1S/C25H20N2O2S/c28-15-22-21-11-12-26-23(21)9-10-24(22)29-20-8-4-7-18(14-20)25-27-19(16-30-25)13-17-5-2-1-3-6-17/h1-12,14,16,26,28H,13,15H2. The summed E-state index contributed by atoms with van der Waals surface area (Å²) >= 11 is 1.64. The SMILES string of the molecule is OCc1c(Oc2cccc(-c3nc(Cc4ccccc4)cs3)c2)ccc2[nH]ccc12. The number of fused-ring (bicyclic) bond motifs is 1. The first-order chi connectivity index (χ1) is 14.8. The summed E-state index contributed by atoms with van der Waals surface area (Å²) in [5.74, 6) is 1.38. The number of hydrogen-bond donors (Lipinski definition) is 2. The van der Waals surface area contributed by atoms with Crippen LogP contribution in [0.5, 0.6) is 11.5 Å². The van der Waals surface area contributed by atoms with Gasteiger partial charge < -0.3 is 14.8 Å². The van der Waals surface area contributed by atoms with Gasteiger partial charge in [-0.3, -0.25) is 0 Å². The summed E-state index contributed by atoms with van der Waals surface area (Å²) in [7, 11) is 0. The van der Waals surface area contributed by atoms with Gasteiger partial charge in [-0.05, 0) is 35.9 Å². The lowest BCUT2D eigenvalue weighted by atomic mass is 10.1. The number of aromatic nitrogens is 2. The molecule has 0 bridgehead atoms. The van der Waals surface area contributed by atoms with Crippen molar-refractivity contribution in [2.75, 3.05) is 0 Å². The van der Waals surface area contributed by atoms with Gasteiger partial charge in [-0.25, -0.2) is 4.98 Å². The molecule has 0 fully saturated rings. The highest BCUT2D eigenvalue weighted by Gasteiger charge is 2.11. The molecule has 5 heteroatoms. The predicted octanol–water partition coefficient (Wildman–Crippen LogP) is 6.17. The lowest BCUT2D eigenvalue weighted by Crippen LogP contribution is -1.93. The van der Waals surface area contributed by atoms with Gasteiger partial charge in [0.25, 0.3) is 0 Å². The zero-order chi connectivity index (χ0) is 20.3. The summed E-state index contributed by atoms with van der Waals surface area (Å²) in [6.45, 7) is -0.0838. The highest BCUT2D eigenvalue weighted by molar-refractivity contribution is 7.13. The number of aliphatic hydroxyl groups is 1. The fourth-order valence-electron chi connectivity index (χ4n) is 3.58. The van der Waals surface area contributed by atoms with Crippen molar-refractivity contribution in [3.05, 3.63) is 101 Å². The molecule has 4 nitrogen and oxygen atoms in total. The highest BCUT2D eigenvalue weighted by atomic mass is 32.1. The van der Waals surface area contributed by atoms with Crippen LogP contribution in [0.3, 0.4) is 0 Å². The van der Waals surface area contributed by atoms with Crippen LogP contribution in [0, 0.1) is 0 Å². The summed E-state index contributed by atoms with van der Waals surface area (Å²) in [6.07, 6.45) is 2.69. The summed E-state index contributed by atoms with van der Waals surface area (Å²) in [6, 6.07) is 24.1. The largest absolute Gasteiger partial charge is 0.457 e. The van der Waals surface area contributed by atoms with Gasteiger partial charge in [0.05, 0.1) is 12.3 Å². The van der Waals surface area contributed by atoms with Gasteiger partial charge in [-0.2, -0.15) is 0 Å². The fourth-order valence-corrected chi connectivity index (χ4v) is 4.40. The minimum atomic E-state index is -0.0838. The Hall–Kier alpha value is -3.41. The van der Waals surface area contributed by atoms with E-state index in [9.17, 15) is 5.11 Å². The second kappa shape index (κ2) is 8.14. The van der Waals surface area contributed by atoms with E-state index in [0.717, 1.165) is 44.9 Å². The molecule has 3 aromatic carbocycles. The maximum absolute atomic E-state index is 9.87. The van der Waals surface area contributed by atoms with Crippen molar-refractivity contribution in [1.29, 1.82) is 0 Å². The van der Waals surface area contributed by atoms with Gasteiger partial charge in [-0.15, -0.1) is 11.3 Å². The molecule has 5 rings (SSSR count). The average molecular weight is 413 g/mol. The first kappa shape index (κ1) is 18.6. The van der Waals surface area contributed by atoms with Crippen LogP contribution in [0.4, 0.5) is 0 Å². The first-order valence-electron chi connectivity index (χ1n) is 9.76. The molecule has 0 saturated carbocycles. The molecule has 0 aliphatic carbocycles. The summed E-state index contributed by atoms with van der Waals surface area (Å²) in [5.41, 5.74) is 5.09. The highest BCUT2D eigenvalue weighted by Crippen LogP contribution is 2.33. The van der Waals surface area contributed by atoms with Gasteiger partial charge in [-0.1, -0.05) is 42.5 Å². The summed E-state index contributed by atoms with van der Waals surface area (Å²) in [5, 5.41) is 13.9. The Morgan fingerprint density at radius 3 is 2.73 bits per heavy atom. The maximum atomic E-state index is 9.87. The third kappa shape index (κ3) is 3.73. The molecule has 0 atom stereocenters. The Kier molecular flexibility index (Phi) is 5.05. The van der Waals surface area contributed by atoms with Gasteiger partial charge in [0, 0.05) is 40.0 Å². The second-order valence-electron chi connectivity index (χ2n) is 7.08. The van der Waals surface area contributed by atoms with E-state index in [0.29, 0.717) is 5.75 Å². The van der Waals surface area contributed by atoms with Gasteiger partial charge >= 0.3 is 0 Å². The number of H-pyrrole nitrogens is 1. The van der Waals surface area contributed by atoms with Gasteiger partial charge in [0.1, 0.15) is 16.5 Å². The average Bonchev–Trinajstić information content (AvgIpc) is 3.44. The van der Waals surface area contributed by atoms with E-state index in [1.807, 2.05) is 54.7 Å². The summed E-state index contributed by atoms with van der Waals surface area (Å²) < 4.78 is 6.15. The van der Waals surface area contributed by atoms with Crippen LogP contribution >= 0.6 is 11.3 Å². The minimum absolute atomic E-state index is 0.0838. The number of aliphatic hydroxyl groups excluding tert-OH is 1. The third-order valence-corrected chi connectivity index (χ3v) is 5.99. The van der Waals surface area contributed by atoms with E-state index in [-0.39, 0.29) is 6.61 Å². The van der Waals surface area contributed by atoms with Crippen LogP contribution in [0.2, 0.25) is 0 Å². The molecule has 0 aliphatic heterocycles. The van der Waals surface area contributed by atoms with Crippen LogP contribution in [-0.4, -0.2) is 15.1 Å². The fraction of sp³-hybridized carbons (Fsp3) is 0.0800. The van der Waals surface area contributed by atoms with Gasteiger partial charge in [0.15, 0.2) is 0 Å². The number of thiazole rings is 1. The Balaban J connectivity index is 1.40. The van der Waals surface area contributed by atoms with Crippen LogP contribution in [-0.2, 0) is 13.0 Å². The normalized spacial score (nSPS) is 11.1. The molecule has 0 amide bonds. The molecular formula is C25H20N2O2S. The van der Waals surface area contributed by atoms with Crippen molar-refractivity contribution in [2.24, 2.45) is 0 Å². The molecule has 30 heavy (non-hydrogen) atoms. The molecule has 0 aliphatic rings. The number of nitrogens with zero attached hydrogens (tertiary/aromatic N) is 1. The second-order valence-corrected chi connectivity index (χ2v) is 7.93. The molecule has 2 N–H and O–H groups in total. The molecule has 148 valence electrons. The molecule has 0 saturated heterocycles. The molecule has 0 spiro atoms. The van der Waals surface area contributed by atoms with E-state index in [4.69, 9.17) is 9.72 Å². The number of ether oxygens (including phenoxy) is 1. The van der Waals surface area contributed by atoms with Crippen molar-refractivity contribution in [2.45, 2.75) is 13.0 Å². The van der Waals surface area contributed by atoms with Crippen LogP contribution in [0.15, 0.2) is 84.4 Å². The van der Waals surface area contributed by atoms with Crippen LogP contribution < -0.4 is 4.74 Å². The van der Waals surface area contributed by atoms with Crippen molar-refractivity contribution >= 4 is 22.2 Å². The quantitative estimate of drug-likeness (QED) is 0.351. The molecule has 2 heterocycles. The Morgan fingerprint density at radius 2 is 1.87 bits per heavy atom. The molecule has 2 aromatic heterocycles. The zero-order valence-corrected chi connectivity index (χ0v) is 17.0. The topological polar surface area (TPSA) is 58.1 Å². The number of nitrogens with one attached hydrogen (secondary N) is 1. The van der Waals surface area contributed by atoms with E-state index < -0.39 is 0 Å². The maximum Gasteiger partial charge on any atom is 0.133 e. The lowest BCUT2D eigenvalue weighted by Gasteiger charge is -2.11. The van der Waals surface area contributed by atoms with Crippen LogP contribution in [0.1, 0.15) is 16.8 Å². The Bertz CT molecular complexity index is 1290. The number of aromatic amines is 1. The molecular weight excluding hydrogens is 392 g/mol. The zero-order valence-electron chi connectivity index (χ0n) is 16.2. The lowest BCUT2D eigenvalue weighted by molar-refractivity contribution is 0.278. The number of benzene rings is 3. The Morgan fingerprint density at radius 1 is 0.967 bits per heavy atom. The predicted molar refractivity (Wildman–Crippen MR) is 121 cm³/mol. The van der Waals surface area contributed by atoms with E-state index in [2.05, 4.69) is 34.6 Å². The summed E-state index contributed by atoms with van der Waals surface area (Å²) in [4.78, 5) is 7.97. The van der Waals surface area contributed by atoms with E-state index in [1.54, 1.807) is 11.3 Å².